The number of esters is 3. The molecule has 0 amide bonds. The first-order valence-electron chi connectivity index (χ1n) is 22.5. The maximum absolute atomic E-state index is 12.7. The van der Waals surface area contributed by atoms with Crippen LogP contribution in [0.25, 0.3) is 0 Å². The second kappa shape index (κ2) is 43.6. The molecule has 0 fully saturated rings. The summed E-state index contributed by atoms with van der Waals surface area (Å²) < 4.78 is 16.6. The molecule has 0 N–H and O–H groups in total. The summed E-state index contributed by atoms with van der Waals surface area (Å²) in [5.74, 6) is -1.02. The highest BCUT2D eigenvalue weighted by molar-refractivity contribution is 5.71. The fourth-order valence-electron chi connectivity index (χ4n) is 5.80. The molecule has 6 heteroatoms. The van der Waals surface area contributed by atoms with Gasteiger partial charge >= 0.3 is 17.9 Å². The smallest absolute Gasteiger partial charge is 0.306 e. The molecule has 0 aromatic heterocycles. The molecule has 0 saturated heterocycles. The molecule has 0 rings (SSSR count). The Hall–Kier alpha value is -3.15. The molecule has 0 aromatic carbocycles. The van der Waals surface area contributed by atoms with Crippen molar-refractivity contribution in [3.63, 3.8) is 0 Å². The summed E-state index contributed by atoms with van der Waals surface area (Å²) in [7, 11) is 0. The Labute approximate surface area is 338 Å². The number of allylic oxidation sites excluding steroid dienone is 12. The number of unbranched alkanes of at least 4 members (excludes halogenated alkanes) is 17. The first kappa shape index (κ1) is 51.9. The van der Waals surface area contributed by atoms with E-state index in [4.69, 9.17) is 14.2 Å². The topological polar surface area (TPSA) is 78.9 Å². The van der Waals surface area contributed by atoms with Crippen LogP contribution in [-0.4, -0.2) is 37.2 Å². The Bertz CT molecular complexity index is 1070. The van der Waals surface area contributed by atoms with Gasteiger partial charge in [-0.15, -0.1) is 0 Å². The van der Waals surface area contributed by atoms with Crippen LogP contribution in [0.1, 0.15) is 201 Å². The van der Waals surface area contributed by atoms with Crippen molar-refractivity contribution in [3.8, 4) is 0 Å². The Balaban J connectivity index is 4.48. The third-order valence-corrected chi connectivity index (χ3v) is 9.19. The molecule has 0 spiro atoms. The van der Waals surface area contributed by atoms with E-state index in [2.05, 4.69) is 93.7 Å². The zero-order chi connectivity index (χ0) is 40.1. The monoisotopic (exact) mass is 767 g/mol. The Morgan fingerprint density at radius 3 is 1.36 bits per heavy atom. The van der Waals surface area contributed by atoms with Crippen molar-refractivity contribution in [2.75, 3.05) is 13.2 Å². The molecule has 0 aliphatic rings. The van der Waals surface area contributed by atoms with Crippen molar-refractivity contribution in [2.45, 2.75) is 207 Å². The van der Waals surface area contributed by atoms with E-state index >= 15 is 0 Å². The van der Waals surface area contributed by atoms with Crippen LogP contribution in [0.2, 0.25) is 0 Å². The minimum Gasteiger partial charge on any atom is -0.462 e. The first-order valence-corrected chi connectivity index (χ1v) is 22.5. The maximum Gasteiger partial charge on any atom is 0.306 e. The van der Waals surface area contributed by atoms with Gasteiger partial charge in [0.05, 0.1) is 0 Å². The van der Waals surface area contributed by atoms with Crippen LogP contribution in [0.15, 0.2) is 72.9 Å². The van der Waals surface area contributed by atoms with Crippen LogP contribution in [0, 0.1) is 0 Å². The molecule has 0 saturated carbocycles. The van der Waals surface area contributed by atoms with Crippen molar-refractivity contribution < 1.29 is 28.6 Å². The van der Waals surface area contributed by atoms with E-state index in [1.165, 1.54) is 70.6 Å². The van der Waals surface area contributed by atoms with Gasteiger partial charge in [0.1, 0.15) is 13.2 Å². The van der Waals surface area contributed by atoms with Gasteiger partial charge in [0.2, 0.25) is 0 Å². The highest BCUT2D eigenvalue weighted by Gasteiger charge is 2.19. The summed E-state index contributed by atoms with van der Waals surface area (Å²) in [4.78, 5) is 37.6. The average Bonchev–Trinajstić information content (AvgIpc) is 3.18. The maximum atomic E-state index is 12.7. The predicted octanol–water partition coefficient (Wildman–Crippen LogP) is 14.3. The first-order chi connectivity index (χ1) is 27.0. The van der Waals surface area contributed by atoms with Gasteiger partial charge in [0.25, 0.3) is 0 Å². The Kier molecular flexibility index (Phi) is 41.1. The van der Waals surface area contributed by atoms with Crippen molar-refractivity contribution in [3.05, 3.63) is 72.9 Å². The standard InChI is InChI=1S/C49H82O6/c1-4-7-10-13-16-19-21-23-24-25-26-28-30-33-36-39-42-48(51)54-45-46(44-53-47(50)41-38-35-32-29-18-15-12-9-6-3)55-49(52)43-40-37-34-31-27-22-20-17-14-11-8-5-2/h8,11,17,20,24-29,31-32,46H,4-7,9-10,12-16,18-19,21-23,30,33-45H2,1-3H3/b11-8-,20-17-,25-24-,28-26-,31-27-,32-29-. The average molecular weight is 767 g/mol. The molecule has 6 nitrogen and oxygen atoms in total. The van der Waals surface area contributed by atoms with Gasteiger partial charge in [-0.05, 0) is 96.3 Å². The molecular formula is C49H82O6. The number of carbonyl (C=O) groups is 3. The quantitative estimate of drug-likeness (QED) is 0.0204. The zero-order valence-corrected chi connectivity index (χ0v) is 35.7. The predicted molar refractivity (Wildman–Crippen MR) is 233 cm³/mol. The lowest BCUT2D eigenvalue weighted by molar-refractivity contribution is -0.167. The third-order valence-electron chi connectivity index (χ3n) is 9.19. The molecule has 314 valence electrons. The minimum atomic E-state index is -0.814. The molecule has 0 bridgehead atoms. The lowest BCUT2D eigenvalue weighted by Crippen LogP contribution is -2.30. The summed E-state index contributed by atoms with van der Waals surface area (Å²) in [5, 5.41) is 0. The summed E-state index contributed by atoms with van der Waals surface area (Å²) in [6.07, 6.45) is 53.3. The fourth-order valence-corrected chi connectivity index (χ4v) is 5.80. The van der Waals surface area contributed by atoms with E-state index in [0.717, 1.165) is 77.0 Å². The van der Waals surface area contributed by atoms with Crippen molar-refractivity contribution >= 4 is 17.9 Å². The third kappa shape index (κ3) is 41.8. The summed E-state index contributed by atoms with van der Waals surface area (Å²) in [5.41, 5.74) is 0. The van der Waals surface area contributed by atoms with Crippen LogP contribution in [0.3, 0.4) is 0 Å². The normalized spacial score (nSPS) is 12.7. The van der Waals surface area contributed by atoms with E-state index in [0.29, 0.717) is 25.7 Å². The molecule has 1 unspecified atom stereocenters. The van der Waals surface area contributed by atoms with Crippen LogP contribution in [0.4, 0.5) is 0 Å². The van der Waals surface area contributed by atoms with E-state index < -0.39 is 6.10 Å². The summed E-state index contributed by atoms with van der Waals surface area (Å²) in [6, 6.07) is 0. The zero-order valence-electron chi connectivity index (χ0n) is 35.7. The minimum absolute atomic E-state index is 0.114. The largest absolute Gasteiger partial charge is 0.462 e. The molecule has 0 aliphatic carbocycles. The van der Waals surface area contributed by atoms with Crippen LogP contribution >= 0.6 is 0 Å². The lowest BCUT2D eigenvalue weighted by Gasteiger charge is -2.18. The summed E-state index contributed by atoms with van der Waals surface area (Å²) >= 11 is 0. The Morgan fingerprint density at radius 2 is 0.782 bits per heavy atom. The van der Waals surface area contributed by atoms with Gasteiger partial charge in [-0.25, -0.2) is 0 Å². The Morgan fingerprint density at radius 1 is 0.400 bits per heavy atom. The van der Waals surface area contributed by atoms with Gasteiger partial charge in [0.15, 0.2) is 6.10 Å². The van der Waals surface area contributed by atoms with Crippen molar-refractivity contribution in [1.82, 2.24) is 0 Å². The molecule has 55 heavy (non-hydrogen) atoms. The molecule has 1 atom stereocenters. The van der Waals surface area contributed by atoms with Crippen LogP contribution in [-0.2, 0) is 28.6 Å². The molecule has 0 heterocycles. The molecule has 0 aliphatic heterocycles. The van der Waals surface area contributed by atoms with Gasteiger partial charge in [-0.3, -0.25) is 14.4 Å². The number of hydrogen-bond acceptors (Lipinski definition) is 6. The number of carbonyl (C=O) groups excluding carboxylic acids is 3. The lowest BCUT2D eigenvalue weighted by atomic mass is 10.1. The van der Waals surface area contributed by atoms with Gasteiger partial charge in [-0.2, -0.15) is 0 Å². The van der Waals surface area contributed by atoms with E-state index in [9.17, 15) is 14.4 Å². The van der Waals surface area contributed by atoms with Crippen LogP contribution in [0.5, 0.6) is 0 Å². The van der Waals surface area contributed by atoms with Crippen molar-refractivity contribution in [2.24, 2.45) is 0 Å². The second-order valence-electron chi connectivity index (χ2n) is 14.6. The number of ether oxygens (including phenoxy) is 3. The molecular weight excluding hydrogens is 685 g/mol. The van der Waals surface area contributed by atoms with Crippen molar-refractivity contribution in [1.29, 1.82) is 0 Å². The van der Waals surface area contributed by atoms with E-state index in [1.54, 1.807) is 0 Å². The summed E-state index contributed by atoms with van der Waals surface area (Å²) in [6.45, 7) is 6.37. The number of rotatable bonds is 39. The fraction of sp³-hybridized carbons (Fsp3) is 0.694. The van der Waals surface area contributed by atoms with E-state index in [-0.39, 0.29) is 37.5 Å². The van der Waals surface area contributed by atoms with Gasteiger partial charge in [0, 0.05) is 19.3 Å². The van der Waals surface area contributed by atoms with E-state index in [1.807, 2.05) is 0 Å². The highest BCUT2D eigenvalue weighted by Crippen LogP contribution is 2.11. The number of hydrogen-bond donors (Lipinski definition) is 0. The molecule has 0 aromatic rings. The molecule has 0 radical (unpaired) electrons. The highest BCUT2D eigenvalue weighted by atomic mass is 16.6. The van der Waals surface area contributed by atoms with Crippen LogP contribution < -0.4 is 0 Å². The van der Waals surface area contributed by atoms with Gasteiger partial charge in [-0.1, -0.05) is 158 Å². The second-order valence-corrected chi connectivity index (χ2v) is 14.6. The van der Waals surface area contributed by atoms with Gasteiger partial charge < -0.3 is 14.2 Å². The SMILES string of the molecule is CC/C=C\C/C=C\C/C=C\CCCCC(=O)OC(COC(=O)CCC/C=C\CCCCCC)COC(=O)CCCCC/C=C\C=C/CCCCCCCCC.